The standard InChI is InChI=1S/C22H21N7O3.ClH/c1-32-11-10-19-23-13-18(22(30)31)20(25-19)24-12-14-6-8-15(9-7-14)16-4-2-3-5-17(16)21-26-28-29-27-21;/h2-9,13H,10-12H2,1H3,(H,30,31)(H,23,24,25)(H,26,27,28,29);1H. The Morgan fingerprint density at radius 3 is 2.55 bits per heavy atom. The fourth-order valence-electron chi connectivity index (χ4n) is 3.23. The van der Waals surface area contributed by atoms with E-state index in [0.29, 0.717) is 31.2 Å². The number of aromatic carboxylic acids is 1. The monoisotopic (exact) mass is 467 g/mol. The zero-order valence-electron chi connectivity index (χ0n) is 17.7. The van der Waals surface area contributed by atoms with Gasteiger partial charge in [-0.3, -0.25) is 0 Å². The maximum atomic E-state index is 11.5. The lowest BCUT2D eigenvalue weighted by Crippen LogP contribution is -2.12. The lowest BCUT2D eigenvalue weighted by Gasteiger charge is -2.11. The number of methoxy groups -OCH3 is 1. The molecule has 0 saturated heterocycles. The topological polar surface area (TPSA) is 139 Å². The van der Waals surface area contributed by atoms with Crippen molar-refractivity contribution in [2.75, 3.05) is 19.0 Å². The first-order valence-corrected chi connectivity index (χ1v) is 9.90. The number of tetrazole rings is 1. The number of carboxylic acids is 1. The third-order valence-electron chi connectivity index (χ3n) is 4.85. The molecule has 4 aromatic rings. The number of carbonyl (C=O) groups is 1. The van der Waals surface area contributed by atoms with Crippen molar-refractivity contribution in [2.45, 2.75) is 13.0 Å². The summed E-state index contributed by atoms with van der Waals surface area (Å²) in [6.07, 6.45) is 1.82. The second-order valence-electron chi connectivity index (χ2n) is 6.94. The molecule has 4 rings (SSSR count). The van der Waals surface area contributed by atoms with Crippen LogP contribution in [0.4, 0.5) is 5.82 Å². The molecule has 0 aliphatic heterocycles. The van der Waals surface area contributed by atoms with Crippen LogP contribution in [-0.2, 0) is 17.7 Å². The second-order valence-corrected chi connectivity index (χ2v) is 6.94. The van der Waals surface area contributed by atoms with E-state index in [2.05, 4.69) is 35.9 Å². The van der Waals surface area contributed by atoms with E-state index < -0.39 is 5.97 Å². The fraction of sp³-hybridized carbons (Fsp3) is 0.182. The molecule has 0 aliphatic carbocycles. The van der Waals surface area contributed by atoms with Crippen LogP contribution in [0.1, 0.15) is 21.7 Å². The van der Waals surface area contributed by atoms with Gasteiger partial charge in [0.2, 0.25) is 0 Å². The van der Waals surface area contributed by atoms with Gasteiger partial charge < -0.3 is 15.2 Å². The van der Waals surface area contributed by atoms with Gasteiger partial charge in [-0.2, -0.15) is 0 Å². The average Bonchev–Trinajstić information content (AvgIpc) is 3.36. The van der Waals surface area contributed by atoms with Crippen LogP contribution in [0.15, 0.2) is 54.7 Å². The van der Waals surface area contributed by atoms with Crippen LogP contribution in [0.5, 0.6) is 0 Å². The molecule has 0 amide bonds. The largest absolute Gasteiger partial charge is 0.477 e. The van der Waals surface area contributed by atoms with Crippen LogP contribution in [0.25, 0.3) is 22.5 Å². The Morgan fingerprint density at radius 1 is 1.12 bits per heavy atom. The van der Waals surface area contributed by atoms with Crippen LogP contribution >= 0.6 is 12.4 Å². The molecule has 0 unspecified atom stereocenters. The first kappa shape index (κ1) is 23.8. The number of H-pyrrole nitrogens is 1. The molecule has 33 heavy (non-hydrogen) atoms. The molecule has 0 aliphatic rings. The minimum atomic E-state index is -1.08. The molecule has 0 fully saturated rings. The molecule has 0 radical (unpaired) electrons. The Bertz CT molecular complexity index is 1200. The maximum absolute atomic E-state index is 11.5. The highest BCUT2D eigenvalue weighted by Crippen LogP contribution is 2.29. The maximum Gasteiger partial charge on any atom is 0.341 e. The summed E-state index contributed by atoms with van der Waals surface area (Å²) < 4.78 is 5.04. The van der Waals surface area contributed by atoms with Crippen LogP contribution < -0.4 is 5.32 Å². The molecule has 0 spiro atoms. The molecule has 0 atom stereocenters. The summed E-state index contributed by atoms with van der Waals surface area (Å²) in [4.78, 5) is 20.0. The van der Waals surface area contributed by atoms with Crippen molar-refractivity contribution >= 4 is 24.2 Å². The lowest BCUT2D eigenvalue weighted by atomic mass is 9.98. The van der Waals surface area contributed by atoms with Crippen molar-refractivity contribution < 1.29 is 14.6 Å². The van der Waals surface area contributed by atoms with Crippen molar-refractivity contribution in [3.63, 3.8) is 0 Å². The summed E-state index contributed by atoms with van der Waals surface area (Å²) >= 11 is 0. The van der Waals surface area contributed by atoms with Gasteiger partial charge in [0.25, 0.3) is 0 Å². The zero-order chi connectivity index (χ0) is 22.3. The highest BCUT2D eigenvalue weighted by atomic mass is 35.5. The number of rotatable bonds is 9. The van der Waals surface area contributed by atoms with Crippen molar-refractivity contribution in [3.8, 4) is 22.5 Å². The van der Waals surface area contributed by atoms with E-state index in [4.69, 9.17) is 4.74 Å². The minimum absolute atomic E-state index is 0. The molecule has 2 aromatic heterocycles. The van der Waals surface area contributed by atoms with E-state index in [-0.39, 0.29) is 23.8 Å². The molecule has 10 nitrogen and oxygen atoms in total. The van der Waals surface area contributed by atoms with Crippen molar-refractivity contribution in [3.05, 3.63) is 71.7 Å². The third kappa shape index (κ3) is 5.68. The van der Waals surface area contributed by atoms with Crippen molar-refractivity contribution in [1.82, 2.24) is 30.6 Å². The number of aromatic amines is 1. The second kappa shape index (κ2) is 11.1. The summed E-state index contributed by atoms with van der Waals surface area (Å²) in [6, 6.07) is 15.8. The summed E-state index contributed by atoms with van der Waals surface area (Å²) in [5, 5.41) is 26.7. The Labute approximate surface area is 195 Å². The normalized spacial score (nSPS) is 10.5. The smallest absolute Gasteiger partial charge is 0.341 e. The predicted molar refractivity (Wildman–Crippen MR) is 124 cm³/mol. The SMILES string of the molecule is COCCc1ncc(C(=O)O)c(NCc2ccc(-c3ccccc3-c3nnn[nH]3)cc2)n1.Cl. The number of benzene rings is 2. The Hall–Kier alpha value is -3.89. The van der Waals surface area contributed by atoms with E-state index in [1.54, 1.807) is 7.11 Å². The summed E-state index contributed by atoms with van der Waals surface area (Å²) in [6.45, 7) is 0.869. The lowest BCUT2D eigenvalue weighted by molar-refractivity contribution is 0.0697. The van der Waals surface area contributed by atoms with Crippen LogP contribution in [0, 0.1) is 0 Å². The number of ether oxygens (including phenoxy) is 1. The number of nitrogens with zero attached hydrogens (tertiary/aromatic N) is 5. The molecule has 0 bridgehead atoms. The minimum Gasteiger partial charge on any atom is -0.477 e. The van der Waals surface area contributed by atoms with Gasteiger partial charge in [-0.15, -0.1) is 17.5 Å². The first-order valence-electron chi connectivity index (χ1n) is 9.90. The van der Waals surface area contributed by atoms with Gasteiger partial charge in [0.05, 0.1) is 6.61 Å². The molecular formula is C22H22ClN7O3. The van der Waals surface area contributed by atoms with Crippen molar-refractivity contribution in [2.24, 2.45) is 0 Å². The fourth-order valence-corrected chi connectivity index (χ4v) is 3.23. The van der Waals surface area contributed by atoms with E-state index in [0.717, 1.165) is 22.3 Å². The number of hydrogen-bond acceptors (Lipinski definition) is 8. The van der Waals surface area contributed by atoms with E-state index in [9.17, 15) is 9.90 Å². The molecule has 3 N–H and O–H groups in total. The van der Waals surface area contributed by atoms with Gasteiger partial charge >= 0.3 is 5.97 Å². The van der Waals surface area contributed by atoms with Crippen LogP contribution in [-0.4, -0.2) is 55.4 Å². The van der Waals surface area contributed by atoms with Gasteiger partial charge in [0.15, 0.2) is 5.82 Å². The average molecular weight is 468 g/mol. The van der Waals surface area contributed by atoms with E-state index in [1.165, 1.54) is 6.20 Å². The summed E-state index contributed by atoms with van der Waals surface area (Å²) in [7, 11) is 1.59. The Balaban J connectivity index is 0.00000306. The predicted octanol–water partition coefficient (Wildman–Crippen LogP) is 3.24. The van der Waals surface area contributed by atoms with Gasteiger partial charge in [-0.1, -0.05) is 48.5 Å². The molecule has 2 aromatic carbocycles. The third-order valence-corrected chi connectivity index (χ3v) is 4.85. The van der Waals surface area contributed by atoms with Gasteiger partial charge in [0, 0.05) is 31.8 Å². The summed E-state index contributed by atoms with van der Waals surface area (Å²) in [5.74, 6) is 0.319. The van der Waals surface area contributed by atoms with Gasteiger partial charge in [0.1, 0.15) is 17.2 Å². The Kier molecular flexibility index (Phi) is 8.01. The number of anilines is 1. The molecule has 11 heteroatoms. The molecule has 170 valence electrons. The molecule has 0 saturated carbocycles. The van der Waals surface area contributed by atoms with Crippen molar-refractivity contribution in [1.29, 1.82) is 0 Å². The number of carboxylic acid groups (broad SMARTS) is 1. The van der Waals surface area contributed by atoms with E-state index >= 15 is 0 Å². The zero-order valence-corrected chi connectivity index (χ0v) is 18.5. The van der Waals surface area contributed by atoms with Crippen LogP contribution in [0.2, 0.25) is 0 Å². The first-order chi connectivity index (χ1) is 15.7. The Morgan fingerprint density at radius 2 is 1.88 bits per heavy atom. The van der Waals surface area contributed by atoms with E-state index in [1.807, 2.05) is 48.5 Å². The highest BCUT2D eigenvalue weighted by molar-refractivity contribution is 5.92. The van der Waals surface area contributed by atoms with Gasteiger partial charge in [-0.25, -0.2) is 19.9 Å². The summed E-state index contributed by atoms with van der Waals surface area (Å²) in [5.41, 5.74) is 3.91. The number of halogens is 1. The number of hydrogen-bond donors (Lipinski definition) is 3. The molecular weight excluding hydrogens is 446 g/mol. The highest BCUT2D eigenvalue weighted by Gasteiger charge is 2.14. The molecule has 2 heterocycles. The van der Waals surface area contributed by atoms with Gasteiger partial charge in [-0.05, 0) is 27.1 Å². The number of aromatic nitrogens is 6. The van der Waals surface area contributed by atoms with Crippen LogP contribution in [0.3, 0.4) is 0 Å². The quantitative estimate of drug-likeness (QED) is 0.338. The number of nitrogens with one attached hydrogen (secondary N) is 2.